The lowest BCUT2D eigenvalue weighted by Crippen LogP contribution is -2.60. The van der Waals surface area contributed by atoms with E-state index in [1.807, 2.05) is 0 Å². The van der Waals surface area contributed by atoms with Crippen molar-refractivity contribution >= 4 is 23.4 Å². The van der Waals surface area contributed by atoms with Gasteiger partial charge in [0, 0.05) is 6.20 Å². The summed E-state index contributed by atoms with van der Waals surface area (Å²) < 4.78 is 17.7. The number of aliphatic hydroxyl groups is 1. The van der Waals surface area contributed by atoms with E-state index in [1.165, 1.54) is 31.5 Å². The maximum atomic E-state index is 13.0. The maximum absolute atomic E-state index is 13.0. The zero-order valence-corrected chi connectivity index (χ0v) is 13.0. The van der Waals surface area contributed by atoms with Crippen LogP contribution in [0, 0.1) is 5.82 Å². The third-order valence-corrected chi connectivity index (χ3v) is 4.03. The Labute approximate surface area is 137 Å². The predicted octanol–water partition coefficient (Wildman–Crippen LogP) is 2.37. The van der Waals surface area contributed by atoms with Crippen molar-refractivity contribution in [1.82, 2.24) is 4.98 Å². The third kappa shape index (κ3) is 2.87. The van der Waals surface area contributed by atoms with Crippen molar-refractivity contribution in [3.05, 3.63) is 58.5 Å². The summed E-state index contributed by atoms with van der Waals surface area (Å²) in [4.78, 5) is 17.8. The molecule has 7 heteroatoms. The van der Waals surface area contributed by atoms with Crippen molar-refractivity contribution in [2.24, 2.45) is 0 Å². The highest BCUT2D eigenvalue weighted by atomic mass is 35.5. The average Bonchev–Trinajstić information content (AvgIpc) is 2.52. The van der Waals surface area contributed by atoms with Crippen molar-refractivity contribution in [2.45, 2.75) is 5.60 Å². The Hall–Kier alpha value is -2.18. The number of halogens is 2. The SMILES string of the molecule is COC(=O)c1cc(Cl)cnc1N1CC(O)(c2ccc(F)cc2)C1. The molecule has 1 aromatic carbocycles. The van der Waals surface area contributed by atoms with Gasteiger partial charge < -0.3 is 14.7 Å². The van der Waals surface area contributed by atoms with Gasteiger partial charge in [-0.15, -0.1) is 0 Å². The summed E-state index contributed by atoms with van der Waals surface area (Å²) in [6.07, 6.45) is 1.43. The zero-order chi connectivity index (χ0) is 16.6. The molecule has 23 heavy (non-hydrogen) atoms. The molecular weight excluding hydrogens is 323 g/mol. The molecule has 1 N–H and O–H groups in total. The molecule has 0 unspecified atom stereocenters. The van der Waals surface area contributed by atoms with Crippen LogP contribution in [0.25, 0.3) is 0 Å². The second-order valence-electron chi connectivity index (χ2n) is 5.41. The Morgan fingerprint density at radius 1 is 1.39 bits per heavy atom. The van der Waals surface area contributed by atoms with Crippen molar-refractivity contribution in [1.29, 1.82) is 0 Å². The minimum atomic E-state index is -1.11. The van der Waals surface area contributed by atoms with Gasteiger partial charge >= 0.3 is 5.97 Å². The Bertz CT molecular complexity index is 745. The van der Waals surface area contributed by atoms with E-state index in [4.69, 9.17) is 16.3 Å². The van der Waals surface area contributed by atoms with Gasteiger partial charge in [0.15, 0.2) is 0 Å². The average molecular weight is 337 g/mol. The first-order valence-corrected chi connectivity index (χ1v) is 7.28. The highest BCUT2D eigenvalue weighted by molar-refractivity contribution is 6.30. The van der Waals surface area contributed by atoms with Crippen LogP contribution in [0.1, 0.15) is 15.9 Å². The Balaban J connectivity index is 1.84. The highest BCUT2D eigenvalue weighted by Gasteiger charge is 2.44. The van der Waals surface area contributed by atoms with Gasteiger partial charge in [-0.2, -0.15) is 0 Å². The first kappa shape index (κ1) is 15.7. The van der Waals surface area contributed by atoms with Crippen molar-refractivity contribution in [2.75, 3.05) is 25.1 Å². The van der Waals surface area contributed by atoms with Crippen LogP contribution < -0.4 is 4.90 Å². The van der Waals surface area contributed by atoms with Gasteiger partial charge in [-0.1, -0.05) is 23.7 Å². The number of aromatic nitrogens is 1. The second-order valence-corrected chi connectivity index (χ2v) is 5.85. The summed E-state index contributed by atoms with van der Waals surface area (Å²) in [5.74, 6) is -0.513. The minimum absolute atomic E-state index is 0.233. The highest BCUT2D eigenvalue weighted by Crippen LogP contribution is 2.36. The molecule has 0 atom stereocenters. The standard InChI is InChI=1S/C16H14ClFN2O3/c1-23-15(21)13-6-11(17)7-19-14(13)20-8-16(22,9-20)10-2-4-12(18)5-3-10/h2-7,22H,8-9H2,1H3. The lowest BCUT2D eigenvalue weighted by molar-refractivity contribution is 0.00672. The molecule has 1 aliphatic heterocycles. The summed E-state index contributed by atoms with van der Waals surface area (Å²) in [5.41, 5.74) is -0.257. The summed E-state index contributed by atoms with van der Waals surface area (Å²) in [5, 5.41) is 10.9. The number of ether oxygens (including phenoxy) is 1. The molecule has 1 fully saturated rings. The van der Waals surface area contributed by atoms with Crippen molar-refractivity contribution < 1.29 is 19.0 Å². The summed E-state index contributed by atoms with van der Waals surface area (Å²) in [6.45, 7) is 0.467. The molecule has 0 bridgehead atoms. The first-order chi connectivity index (χ1) is 10.9. The Morgan fingerprint density at radius 2 is 2.04 bits per heavy atom. The Kier molecular flexibility index (Phi) is 3.95. The predicted molar refractivity (Wildman–Crippen MR) is 83.1 cm³/mol. The number of hydrogen-bond acceptors (Lipinski definition) is 5. The van der Waals surface area contributed by atoms with E-state index in [1.54, 1.807) is 17.0 Å². The van der Waals surface area contributed by atoms with Gasteiger partial charge in [-0.3, -0.25) is 0 Å². The van der Waals surface area contributed by atoms with E-state index in [0.29, 0.717) is 16.4 Å². The number of rotatable bonds is 3. The molecule has 120 valence electrons. The number of nitrogens with zero attached hydrogens (tertiary/aromatic N) is 2. The number of pyridine rings is 1. The molecule has 2 aromatic rings. The van der Waals surface area contributed by atoms with Gasteiger partial charge in [0.2, 0.25) is 0 Å². The number of esters is 1. The number of methoxy groups -OCH3 is 1. The number of carbonyl (C=O) groups is 1. The molecule has 1 aliphatic rings. The van der Waals surface area contributed by atoms with Crippen LogP contribution in [0.5, 0.6) is 0 Å². The summed E-state index contributed by atoms with van der Waals surface area (Å²) in [7, 11) is 1.28. The quantitative estimate of drug-likeness (QED) is 0.872. The number of benzene rings is 1. The monoisotopic (exact) mass is 336 g/mol. The van der Waals surface area contributed by atoms with Gasteiger partial charge in [0.05, 0.1) is 25.2 Å². The number of β-amino-alcohol motifs (C(OH)–C–C–N with tert-alkyl or cyclic N) is 1. The molecule has 0 amide bonds. The summed E-state index contributed by atoms with van der Waals surface area (Å²) in [6, 6.07) is 7.17. The van der Waals surface area contributed by atoms with Crippen LogP contribution in [0.15, 0.2) is 36.5 Å². The van der Waals surface area contributed by atoms with Gasteiger partial charge in [0.1, 0.15) is 22.8 Å². The van der Waals surface area contributed by atoms with Crippen LogP contribution in [-0.4, -0.2) is 36.3 Å². The molecule has 5 nitrogen and oxygen atoms in total. The third-order valence-electron chi connectivity index (χ3n) is 3.82. The molecule has 1 aromatic heterocycles. The topological polar surface area (TPSA) is 62.7 Å². The van der Waals surface area contributed by atoms with Gasteiger partial charge in [0.25, 0.3) is 0 Å². The van der Waals surface area contributed by atoms with Crippen LogP contribution in [0.4, 0.5) is 10.2 Å². The van der Waals surface area contributed by atoms with E-state index < -0.39 is 11.6 Å². The van der Waals surface area contributed by atoms with E-state index >= 15 is 0 Å². The molecule has 0 spiro atoms. The van der Waals surface area contributed by atoms with Gasteiger partial charge in [-0.05, 0) is 23.8 Å². The number of carbonyl (C=O) groups excluding carboxylic acids is 1. The van der Waals surface area contributed by atoms with Crippen molar-refractivity contribution in [3.63, 3.8) is 0 Å². The molecular formula is C16H14ClFN2O3. The normalized spacial score (nSPS) is 15.9. The maximum Gasteiger partial charge on any atom is 0.341 e. The van der Waals surface area contributed by atoms with Crippen molar-refractivity contribution in [3.8, 4) is 0 Å². The van der Waals surface area contributed by atoms with Crippen LogP contribution in [0.2, 0.25) is 5.02 Å². The van der Waals surface area contributed by atoms with E-state index in [9.17, 15) is 14.3 Å². The molecule has 0 radical (unpaired) electrons. The molecule has 1 saturated heterocycles. The van der Waals surface area contributed by atoms with Gasteiger partial charge in [-0.25, -0.2) is 14.2 Å². The molecule has 3 rings (SSSR count). The first-order valence-electron chi connectivity index (χ1n) is 6.90. The zero-order valence-electron chi connectivity index (χ0n) is 12.3. The van der Waals surface area contributed by atoms with E-state index in [0.717, 1.165) is 0 Å². The smallest absolute Gasteiger partial charge is 0.341 e. The number of hydrogen-bond donors (Lipinski definition) is 1. The lowest BCUT2D eigenvalue weighted by Gasteiger charge is -2.47. The lowest BCUT2D eigenvalue weighted by atomic mass is 9.86. The Morgan fingerprint density at radius 3 is 2.65 bits per heavy atom. The van der Waals surface area contributed by atoms with Crippen LogP contribution in [0.3, 0.4) is 0 Å². The molecule has 2 heterocycles. The fourth-order valence-corrected chi connectivity index (χ4v) is 2.78. The van der Waals surface area contributed by atoms with E-state index in [2.05, 4.69) is 4.98 Å². The fraction of sp³-hybridized carbons (Fsp3) is 0.250. The molecule has 0 aliphatic carbocycles. The van der Waals surface area contributed by atoms with Crippen LogP contribution in [-0.2, 0) is 10.3 Å². The van der Waals surface area contributed by atoms with Crippen LogP contribution >= 0.6 is 11.6 Å². The number of anilines is 1. The molecule has 0 saturated carbocycles. The summed E-state index contributed by atoms with van der Waals surface area (Å²) >= 11 is 5.88. The van der Waals surface area contributed by atoms with E-state index in [-0.39, 0.29) is 24.5 Å². The second kappa shape index (κ2) is 5.79. The minimum Gasteiger partial charge on any atom is -0.465 e. The fourth-order valence-electron chi connectivity index (χ4n) is 2.62. The largest absolute Gasteiger partial charge is 0.465 e.